The Morgan fingerprint density at radius 2 is 2.00 bits per heavy atom. The highest BCUT2D eigenvalue weighted by Crippen LogP contribution is 2.27. The van der Waals surface area contributed by atoms with E-state index in [2.05, 4.69) is 5.32 Å². The Bertz CT molecular complexity index is 576. The molecule has 1 saturated heterocycles. The third kappa shape index (κ3) is 5.59. The Balaban J connectivity index is 0.00000225. The lowest BCUT2D eigenvalue weighted by atomic mass is 9.85. The van der Waals surface area contributed by atoms with Crippen molar-refractivity contribution in [2.75, 3.05) is 18.5 Å². The van der Waals surface area contributed by atoms with Crippen molar-refractivity contribution in [1.82, 2.24) is 0 Å². The van der Waals surface area contributed by atoms with E-state index < -0.39 is 0 Å². The minimum Gasteiger partial charge on any atom is -0.490 e. The standard InChI is InChI=1S/C19H28N2O3.ClH/c1-13-11-16(21-19(22)14-3-2-4-15(20)12-14)5-6-18(13)24-17-7-9-23-10-8-17;/h5-6,11,14-15,17H,2-4,7-10,12,20H2,1H3,(H,21,22);1H. The molecule has 2 fully saturated rings. The van der Waals surface area contributed by atoms with Gasteiger partial charge in [0.2, 0.25) is 5.91 Å². The summed E-state index contributed by atoms with van der Waals surface area (Å²) in [6, 6.07) is 6.01. The maximum absolute atomic E-state index is 12.4. The maximum Gasteiger partial charge on any atom is 0.227 e. The second kappa shape index (κ2) is 9.41. The van der Waals surface area contributed by atoms with Crippen LogP contribution < -0.4 is 15.8 Å². The third-order valence-corrected chi connectivity index (χ3v) is 4.99. The Labute approximate surface area is 156 Å². The molecule has 25 heavy (non-hydrogen) atoms. The predicted molar refractivity (Wildman–Crippen MR) is 101 cm³/mol. The fourth-order valence-electron chi connectivity index (χ4n) is 3.54. The Kier molecular flexibility index (Phi) is 7.54. The molecule has 2 aliphatic rings. The molecule has 0 aromatic heterocycles. The molecule has 3 rings (SSSR count). The first-order valence-corrected chi connectivity index (χ1v) is 9.03. The van der Waals surface area contributed by atoms with E-state index in [1.165, 1.54) is 0 Å². The minimum absolute atomic E-state index is 0. The van der Waals surface area contributed by atoms with Crippen molar-refractivity contribution in [2.24, 2.45) is 11.7 Å². The molecule has 1 aliphatic carbocycles. The van der Waals surface area contributed by atoms with Gasteiger partial charge in [-0.05, 0) is 49.9 Å². The molecular formula is C19H29ClN2O3. The van der Waals surface area contributed by atoms with Crippen molar-refractivity contribution in [3.63, 3.8) is 0 Å². The van der Waals surface area contributed by atoms with Crippen LogP contribution in [0.15, 0.2) is 18.2 Å². The highest BCUT2D eigenvalue weighted by molar-refractivity contribution is 5.92. The molecule has 2 atom stereocenters. The normalized spacial score (nSPS) is 24.2. The van der Waals surface area contributed by atoms with Gasteiger partial charge < -0.3 is 20.5 Å². The Hall–Kier alpha value is -1.30. The molecule has 140 valence electrons. The molecule has 1 aromatic carbocycles. The van der Waals surface area contributed by atoms with E-state index in [0.717, 1.165) is 68.7 Å². The lowest BCUT2D eigenvalue weighted by Gasteiger charge is -2.26. The van der Waals surface area contributed by atoms with E-state index in [1.54, 1.807) is 0 Å². The van der Waals surface area contributed by atoms with Gasteiger partial charge in [0.05, 0.1) is 13.2 Å². The molecule has 0 radical (unpaired) electrons. The number of nitrogens with two attached hydrogens (primary N) is 1. The number of hydrogen-bond donors (Lipinski definition) is 2. The van der Waals surface area contributed by atoms with E-state index in [9.17, 15) is 4.79 Å². The van der Waals surface area contributed by atoms with Crippen LogP contribution in [0.25, 0.3) is 0 Å². The number of rotatable bonds is 4. The van der Waals surface area contributed by atoms with Crippen molar-refractivity contribution in [2.45, 2.75) is 57.6 Å². The summed E-state index contributed by atoms with van der Waals surface area (Å²) in [7, 11) is 0. The summed E-state index contributed by atoms with van der Waals surface area (Å²) >= 11 is 0. The number of amides is 1. The number of carbonyl (C=O) groups is 1. The summed E-state index contributed by atoms with van der Waals surface area (Å²) in [6.45, 7) is 3.55. The van der Waals surface area contributed by atoms with Gasteiger partial charge in [-0.1, -0.05) is 6.42 Å². The average Bonchev–Trinajstić information content (AvgIpc) is 2.58. The number of aryl methyl sites for hydroxylation is 1. The van der Waals surface area contributed by atoms with E-state index in [0.29, 0.717) is 0 Å². The van der Waals surface area contributed by atoms with Crippen molar-refractivity contribution in [3.05, 3.63) is 23.8 Å². The summed E-state index contributed by atoms with van der Waals surface area (Å²) < 4.78 is 11.4. The van der Waals surface area contributed by atoms with E-state index >= 15 is 0 Å². The molecule has 3 N–H and O–H groups in total. The van der Waals surface area contributed by atoms with E-state index in [4.69, 9.17) is 15.2 Å². The monoisotopic (exact) mass is 368 g/mol. The topological polar surface area (TPSA) is 73.6 Å². The highest BCUT2D eigenvalue weighted by atomic mass is 35.5. The smallest absolute Gasteiger partial charge is 0.227 e. The molecule has 1 aromatic rings. The van der Waals surface area contributed by atoms with Gasteiger partial charge in [0, 0.05) is 30.5 Å². The number of ether oxygens (including phenoxy) is 2. The van der Waals surface area contributed by atoms with Crippen molar-refractivity contribution < 1.29 is 14.3 Å². The zero-order valence-electron chi connectivity index (χ0n) is 14.8. The first-order valence-electron chi connectivity index (χ1n) is 9.03. The Morgan fingerprint density at radius 3 is 2.68 bits per heavy atom. The van der Waals surface area contributed by atoms with Gasteiger partial charge in [0.25, 0.3) is 0 Å². The first kappa shape index (κ1) is 20.0. The van der Waals surface area contributed by atoms with Crippen LogP contribution in [0, 0.1) is 12.8 Å². The second-order valence-electron chi connectivity index (χ2n) is 7.02. The maximum atomic E-state index is 12.4. The van der Waals surface area contributed by atoms with Crippen LogP contribution in [0.5, 0.6) is 5.75 Å². The lowest BCUT2D eigenvalue weighted by Crippen LogP contribution is -2.34. The first-order chi connectivity index (χ1) is 11.6. The molecular weight excluding hydrogens is 340 g/mol. The summed E-state index contributed by atoms with van der Waals surface area (Å²) in [4.78, 5) is 12.4. The molecule has 1 saturated carbocycles. The molecule has 6 heteroatoms. The zero-order chi connectivity index (χ0) is 16.9. The molecule has 0 spiro atoms. The van der Waals surface area contributed by atoms with Crippen LogP contribution in [-0.2, 0) is 9.53 Å². The van der Waals surface area contributed by atoms with Gasteiger partial charge in [0.15, 0.2) is 0 Å². The fraction of sp³-hybridized carbons (Fsp3) is 0.632. The van der Waals surface area contributed by atoms with Crippen LogP contribution in [0.3, 0.4) is 0 Å². The molecule has 1 amide bonds. The van der Waals surface area contributed by atoms with Crippen LogP contribution in [-0.4, -0.2) is 31.3 Å². The number of carbonyl (C=O) groups excluding carboxylic acids is 1. The SMILES string of the molecule is Cc1cc(NC(=O)C2CCCC(N)C2)ccc1OC1CCOCC1.Cl. The van der Waals surface area contributed by atoms with Gasteiger partial charge in [0.1, 0.15) is 11.9 Å². The molecule has 1 heterocycles. The van der Waals surface area contributed by atoms with E-state index in [1.807, 2.05) is 25.1 Å². The predicted octanol–water partition coefficient (Wildman–Crippen LogP) is 3.43. The number of benzene rings is 1. The largest absolute Gasteiger partial charge is 0.490 e. The van der Waals surface area contributed by atoms with Crippen molar-refractivity contribution in [1.29, 1.82) is 0 Å². The quantitative estimate of drug-likeness (QED) is 0.853. The van der Waals surface area contributed by atoms with Gasteiger partial charge in [-0.3, -0.25) is 4.79 Å². The second-order valence-corrected chi connectivity index (χ2v) is 7.02. The van der Waals surface area contributed by atoms with Gasteiger partial charge in [-0.25, -0.2) is 0 Å². The number of halogens is 1. The highest BCUT2D eigenvalue weighted by Gasteiger charge is 2.25. The molecule has 0 bridgehead atoms. The van der Waals surface area contributed by atoms with Crippen LogP contribution in [0.1, 0.15) is 44.1 Å². The van der Waals surface area contributed by atoms with Gasteiger partial charge in [-0.2, -0.15) is 0 Å². The van der Waals surface area contributed by atoms with Crippen LogP contribution >= 0.6 is 12.4 Å². The summed E-state index contributed by atoms with van der Waals surface area (Å²) in [5, 5.41) is 3.03. The zero-order valence-corrected chi connectivity index (χ0v) is 15.6. The lowest BCUT2D eigenvalue weighted by molar-refractivity contribution is -0.120. The Morgan fingerprint density at radius 1 is 1.24 bits per heavy atom. The van der Waals surface area contributed by atoms with Crippen molar-refractivity contribution in [3.8, 4) is 5.75 Å². The summed E-state index contributed by atoms with van der Waals surface area (Å²) in [5.74, 6) is 1.01. The van der Waals surface area contributed by atoms with Crippen LogP contribution in [0.4, 0.5) is 5.69 Å². The van der Waals surface area contributed by atoms with Crippen LogP contribution in [0.2, 0.25) is 0 Å². The summed E-state index contributed by atoms with van der Waals surface area (Å²) in [5.41, 5.74) is 7.85. The number of hydrogen-bond acceptors (Lipinski definition) is 4. The minimum atomic E-state index is 0. The van der Waals surface area contributed by atoms with Gasteiger partial charge in [-0.15, -0.1) is 12.4 Å². The average molecular weight is 369 g/mol. The third-order valence-electron chi connectivity index (χ3n) is 4.99. The number of nitrogens with one attached hydrogen (secondary N) is 1. The molecule has 1 aliphatic heterocycles. The fourth-order valence-corrected chi connectivity index (χ4v) is 3.54. The summed E-state index contributed by atoms with van der Waals surface area (Å²) in [6.07, 6.45) is 5.87. The van der Waals surface area contributed by atoms with Crippen molar-refractivity contribution >= 4 is 24.0 Å². The number of anilines is 1. The molecule has 5 nitrogen and oxygen atoms in total. The molecule has 2 unspecified atom stereocenters. The van der Waals surface area contributed by atoms with E-state index in [-0.39, 0.29) is 36.4 Å². The van der Waals surface area contributed by atoms with Gasteiger partial charge >= 0.3 is 0 Å².